The maximum absolute atomic E-state index is 14.8. The summed E-state index contributed by atoms with van der Waals surface area (Å²) in [6, 6.07) is 8.18. The van der Waals surface area contributed by atoms with E-state index in [-0.39, 0.29) is 17.2 Å². The Balaban J connectivity index is 1.97. The van der Waals surface area contributed by atoms with E-state index in [1.54, 1.807) is 0 Å². The molecule has 1 heterocycles. The topological polar surface area (TPSA) is 116 Å². The molecule has 4 N–H and O–H groups in total. The minimum absolute atomic E-state index is 0.0460. The number of methoxy groups -OCH3 is 1. The van der Waals surface area contributed by atoms with E-state index >= 15 is 0 Å². The first-order chi connectivity index (χ1) is 14.8. The van der Waals surface area contributed by atoms with Gasteiger partial charge in [-0.05, 0) is 36.4 Å². The molecule has 0 aliphatic rings. The molecular weight excluding hydrogens is 417 g/mol. The molecule has 0 radical (unpaired) electrons. The van der Waals surface area contributed by atoms with E-state index in [4.69, 9.17) is 15.2 Å². The van der Waals surface area contributed by atoms with Crippen molar-refractivity contribution in [1.29, 1.82) is 0 Å². The normalized spacial score (nSPS) is 10.3. The van der Waals surface area contributed by atoms with E-state index < -0.39 is 40.3 Å². The van der Waals surface area contributed by atoms with Crippen LogP contribution in [0, 0.1) is 11.6 Å². The number of rotatable bonds is 7. The first-order valence-corrected chi connectivity index (χ1v) is 8.61. The number of pyridine rings is 1. The van der Waals surface area contributed by atoms with Gasteiger partial charge < -0.3 is 20.5 Å². The lowest BCUT2D eigenvalue weighted by Crippen LogP contribution is -2.18. The summed E-state index contributed by atoms with van der Waals surface area (Å²) >= 11 is 0. The van der Waals surface area contributed by atoms with Gasteiger partial charge in [0.05, 0.1) is 18.9 Å². The van der Waals surface area contributed by atoms with Crippen molar-refractivity contribution >= 4 is 23.2 Å². The quantitative estimate of drug-likeness (QED) is 0.489. The first-order valence-electron chi connectivity index (χ1n) is 8.61. The fourth-order valence-electron chi connectivity index (χ4n) is 2.59. The molecule has 2 amide bonds. The van der Waals surface area contributed by atoms with Crippen molar-refractivity contribution in [2.24, 2.45) is 5.73 Å². The van der Waals surface area contributed by atoms with Gasteiger partial charge in [0.15, 0.2) is 5.82 Å². The van der Waals surface area contributed by atoms with Gasteiger partial charge >= 0.3 is 0 Å². The number of nitrogens with zero attached hydrogens (tertiary/aromatic N) is 1. The predicted molar refractivity (Wildman–Crippen MR) is 105 cm³/mol. The van der Waals surface area contributed by atoms with Gasteiger partial charge in [-0.15, -0.1) is 4.48 Å². The second kappa shape index (κ2) is 9.03. The molecule has 31 heavy (non-hydrogen) atoms. The number of nitrogens with one attached hydrogen (secondary N) is 2. The fourth-order valence-corrected chi connectivity index (χ4v) is 2.59. The van der Waals surface area contributed by atoms with Crippen LogP contribution < -0.4 is 26.1 Å². The van der Waals surface area contributed by atoms with Gasteiger partial charge in [0.2, 0.25) is 5.88 Å². The van der Waals surface area contributed by atoms with Gasteiger partial charge in [0, 0.05) is 11.8 Å². The Kier molecular flexibility index (Phi) is 6.24. The van der Waals surface area contributed by atoms with Gasteiger partial charge in [-0.25, -0.2) is 19.3 Å². The smallest absolute Gasteiger partial charge is 0.262 e. The minimum atomic E-state index is -1.24. The van der Waals surface area contributed by atoms with E-state index in [0.29, 0.717) is 5.88 Å². The van der Waals surface area contributed by atoms with Gasteiger partial charge in [-0.2, -0.15) is 0 Å². The number of amides is 2. The van der Waals surface area contributed by atoms with Crippen LogP contribution in [0.15, 0.2) is 48.7 Å². The number of primary amides is 1. The number of hydrogen-bond donors (Lipinski definition) is 3. The summed E-state index contributed by atoms with van der Waals surface area (Å²) in [4.78, 5) is 28.0. The van der Waals surface area contributed by atoms with Crippen molar-refractivity contribution in [2.45, 2.75) is 0 Å². The Bertz CT molecular complexity index is 1140. The molecule has 1 aromatic heterocycles. The largest absolute Gasteiger partial charge is 0.481 e. The minimum Gasteiger partial charge on any atom is -0.481 e. The summed E-state index contributed by atoms with van der Waals surface area (Å²) in [6.45, 7) is 0. The highest BCUT2D eigenvalue weighted by Crippen LogP contribution is 2.32. The van der Waals surface area contributed by atoms with Crippen molar-refractivity contribution in [1.82, 2.24) is 4.98 Å². The molecule has 0 aliphatic heterocycles. The highest BCUT2D eigenvalue weighted by molar-refractivity contribution is 6.07. The van der Waals surface area contributed by atoms with Crippen LogP contribution in [-0.4, -0.2) is 23.9 Å². The van der Waals surface area contributed by atoms with Crippen LogP contribution in [0.3, 0.4) is 0 Å². The molecule has 0 atom stereocenters. The highest BCUT2D eigenvalue weighted by Gasteiger charge is 2.23. The lowest BCUT2D eigenvalue weighted by molar-refractivity contribution is 0.0991. The zero-order valence-electron chi connectivity index (χ0n) is 15.9. The molecule has 8 nitrogen and oxygen atoms in total. The number of ether oxygens (including phenoxy) is 2. The number of carbonyl (C=O) groups excluding carboxylic acids is 2. The summed E-state index contributed by atoms with van der Waals surface area (Å²) in [7, 11) is 1.42. The summed E-state index contributed by atoms with van der Waals surface area (Å²) in [5.74, 6) is -4.04. The lowest BCUT2D eigenvalue weighted by Gasteiger charge is -2.14. The Morgan fingerprint density at radius 3 is 2.48 bits per heavy atom. The highest BCUT2D eigenvalue weighted by atomic mass is 19.2. The zero-order chi connectivity index (χ0) is 22.5. The van der Waals surface area contributed by atoms with Crippen LogP contribution in [-0.2, 0) is 0 Å². The molecule has 0 spiro atoms. The molecule has 0 unspecified atom stereocenters. The van der Waals surface area contributed by atoms with E-state index in [1.807, 2.05) is 0 Å². The lowest BCUT2D eigenvalue weighted by atomic mass is 10.1. The number of halogens is 3. The third-order valence-corrected chi connectivity index (χ3v) is 4.07. The van der Waals surface area contributed by atoms with Gasteiger partial charge in [-0.1, -0.05) is 0 Å². The van der Waals surface area contributed by atoms with Crippen molar-refractivity contribution in [3.05, 3.63) is 71.4 Å². The van der Waals surface area contributed by atoms with Crippen LogP contribution in [0.4, 0.5) is 24.6 Å². The van der Waals surface area contributed by atoms with E-state index in [9.17, 15) is 22.9 Å². The number of nitrogens with two attached hydrogens (primary N) is 1. The van der Waals surface area contributed by atoms with Crippen LogP contribution in [0.2, 0.25) is 0 Å². The molecular formula is C20H15F3N4O4. The monoisotopic (exact) mass is 432 g/mol. The number of carbonyl (C=O) groups is 2. The molecule has 11 heteroatoms. The predicted octanol–water partition coefficient (Wildman–Crippen LogP) is 3.81. The molecule has 0 saturated carbocycles. The van der Waals surface area contributed by atoms with Gasteiger partial charge in [0.1, 0.15) is 28.6 Å². The molecule has 0 saturated heterocycles. The molecule has 0 bridgehead atoms. The van der Waals surface area contributed by atoms with Crippen molar-refractivity contribution < 1.29 is 32.3 Å². The second-order valence-corrected chi connectivity index (χ2v) is 6.05. The van der Waals surface area contributed by atoms with E-state index in [0.717, 1.165) is 29.8 Å². The summed E-state index contributed by atoms with van der Waals surface area (Å²) in [6.07, 6.45) is 1.28. The Morgan fingerprint density at radius 1 is 1.10 bits per heavy atom. The van der Waals surface area contributed by atoms with Crippen LogP contribution in [0.5, 0.6) is 17.4 Å². The van der Waals surface area contributed by atoms with E-state index in [1.165, 1.54) is 31.5 Å². The molecule has 0 fully saturated rings. The molecule has 2 aromatic carbocycles. The average Bonchev–Trinajstić information content (AvgIpc) is 2.75. The number of benzene rings is 2. The third-order valence-electron chi connectivity index (χ3n) is 4.07. The van der Waals surface area contributed by atoms with Gasteiger partial charge in [0.25, 0.3) is 11.8 Å². The maximum atomic E-state index is 14.8. The zero-order valence-corrected chi connectivity index (χ0v) is 15.9. The van der Waals surface area contributed by atoms with Crippen LogP contribution in [0.25, 0.3) is 0 Å². The number of hydrogen-bond acceptors (Lipinski definition) is 6. The molecule has 3 rings (SSSR count). The SMILES string of the molecule is COc1ccc(Oc2ccc(NF)c(F)c2C(=O)Nc2ccc(F)c(C(N)=O)c2)cn1. The molecule has 160 valence electrons. The third kappa shape index (κ3) is 4.66. The Hall–Kier alpha value is -4.28. The number of anilines is 2. The second-order valence-electron chi connectivity index (χ2n) is 6.05. The summed E-state index contributed by atoms with van der Waals surface area (Å²) < 4.78 is 51.8. The van der Waals surface area contributed by atoms with Gasteiger partial charge in [-0.3, -0.25) is 9.59 Å². The fraction of sp³-hybridized carbons (Fsp3) is 0.0500. The molecule has 0 aliphatic carbocycles. The first kappa shape index (κ1) is 21.4. The Morgan fingerprint density at radius 2 is 1.87 bits per heavy atom. The maximum Gasteiger partial charge on any atom is 0.262 e. The standard InChI is InChI=1S/C20H15F3N4O4/c1-30-16-7-3-11(9-25-16)31-15-6-5-14(27-23)18(22)17(15)20(29)26-10-2-4-13(21)12(8-10)19(24)28/h2-9,27H,1H3,(H2,24,28)(H,26,29). The average molecular weight is 432 g/mol. The number of aromatic nitrogens is 1. The van der Waals surface area contributed by atoms with Crippen molar-refractivity contribution in [2.75, 3.05) is 18.0 Å². The van der Waals surface area contributed by atoms with Crippen LogP contribution >= 0.6 is 0 Å². The van der Waals surface area contributed by atoms with E-state index in [2.05, 4.69) is 10.3 Å². The van der Waals surface area contributed by atoms with Crippen molar-refractivity contribution in [3.63, 3.8) is 0 Å². The Labute approximate surface area is 173 Å². The summed E-state index contributed by atoms with van der Waals surface area (Å²) in [5.41, 5.74) is 4.45. The van der Waals surface area contributed by atoms with Crippen molar-refractivity contribution in [3.8, 4) is 17.4 Å². The van der Waals surface area contributed by atoms with Crippen LogP contribution in [0.1, 0.15) is 20.7 Å². The molecule has 3 aromatic rings. The summed E-state index contributed by atoms with van der Waals surface area (Å²) in [5, 5.41) is 2.30.